The van der Waals surface area contributed by atoms with Crippen molar-refractivity contribution in [2.75, 3.05) is 13.8 Å². The molecule has 2 aliphatic rings. The van der Waals surface area contributed by atoms with Gasteiger partial charge in [-0.15, -0.1) is 5.10 Å². The van der Waals surface area contributed by atoms with E-state index in [1.165, 1.54) is 12.1 Å². The molecule has 28 heavy (non-hydrogen) atoms. The maximum atomic E-state index is 12.7. The van der Waals surface area contributed by atoms with Crippen molar-refractivity contribution in [1.29, 1.82) is 5.26 Å². The number of nitrogens with zero attached hydrogens (tertiary/aromatic N) is 3. The van der Waals surface area contributed by atoms with Crippen molar-refractivity contribution >= 4 is 5.90 Å². The van der Waals surface area contributed by atoms with Crippen LogP contribution in [0.15, 0.2) is 23.3 Å². The highest BCUT2D eigenvalue weighted by molar-refractivity contribution is 5.79. The van der Waals surface area contributed by atoms with Gasteiger partial charge in [-0.3, -0.25) is 5.01 Å². The Morgan fingerprint density at radius 3 is 2.36 bits per heavy atom. The standard InChI is InChI=1S/C18H19F4N3O3/c1-25-10-26-15(24-25)11-4-6-18(9-23,7-5-11)12-2-3-13(27-16(19)20)14(8-12)28-17(21)22/h2-3,8,11,16-17H,4-7,10H2,1H3/t11-,18-. The molecule has 152 valence electrons. The molecule has 1 aromatic carbocycles. The minimum absolute atomic E-state index is 0.0737. The molecule has 0 saturated heterocycles. The van der Waals surface area contributed by atoms with Crippen LogP contribution in [0.2, 0.25) is 0 Å². The zero-order valence-corrected chi connectivity index (χ0v) is 15.1. The van der Waals surface area contributed by atoms with Crippen LogP contribution in [0.5, 0.6) is 11.5 Å². The third kappa shape index (κ3) is 4.24. The van der Waals surface area contributed by atoms with Gasteiger partial charge in [-0.2, -0.15) is 22.8 Å². The second-order valence-electron chi connectivity index (χ2n) is 6.76. The fourth-order valence-electron chi connectivity index (χ4n) is 3.59. The number of hydrogen-bond donors (Lipinski definition) is 0. The van der Waals surface area contributed by atoms with Gasteiger partial charge in [0.15, 0.2) is 18.2 Å². The van der Waals surface area contributed by atoms with Crippen LogP contribution in [0.3, 0.4) is 0 Å². The molecule has 3 rings (SSSR count). The van der Waals surface area contributed by atoms with E-state index in [-0.39, 0.29) is 5.92 Å². The normalized spacial score (nSPS) is 24.7. The lowest BCUT2D eigenvalue weighted by Crippen LogP contribution is -2.33. The molecule has 0 N–H and O–H groups in total. The largest absolute Gasteiger partial charge is 0.457 e. The van der Waals surface area contributed by atoms with Gasteiger partial charge in [-0.1, -0.05) is 6.07 Å². The van der Waals surface area contributed by atoms with Gasteiger partial charge in [0.05, 0.1) is 11.5 Å². The highest BCUT2D eigenvalue weighted by Crippen LogP contribution is 2.44. The third-order valence-electron chi connectivity index (χ3n) is 5.00. The van der Waals surface area contributed by atoms with Crippen molar-refractivity contribution in [3.8, 4) is 17.6 Å². The Kier molecular flexibility index (Phi) is 5.82. The number of ether oxygens (including phenoxy) is 3. The molecule has 0 radical (unpaired) electrons. The first-order chi connectivity index (χ1) is 13.3. The topological polar surface area (TPSA) is 67.1 Å². The van der Waals surface area contributed by atoms with E-state index < -0.39 is 30.1 Å². The monoisotopic (exact) mass is 401 g/mol. The van der Waals surface area contributed by atoms with Crippen molar-refractivity contribution in [2.45, 2.75) is 44.3 Å². The molecule has 0 unspecified atom stereocenters. The number of hydrazone groups is 1. The maximum absolute atomic E-state index is 12.7. The zero-order chi connectivity index (χ0) is 20.3. The fraction of sp³-hybridized carbons (Fsp3) is 0.556. The second kappa shape index (κ2) is 8.12. The molecule has 0 aromatic heterocycles. The summed E-state index contributed by atoms with van der Waals surface area (Å²) in [7, 11) is 1.79. The summed E-state index contributed by atoms with van der Waals surface area (Å²) < 4.78 is 64.5. The van der Waals surface area contributed by atoms with Gasteiger partial charge in [0, 0.05) is 13.0 Å². The molecule has 0 spiro atoms. The number of alkyl halides is 4. The van der Waals surface area contributed by atoms with Gasteiger partial charge in [-0.25, -0.2) is 0 Å². The first kappa shape index (κ1) is 20.0. The molecule has 1 aliphatic carbocycles. The predicted molar refractivity (Wildman–Crippen MR) is 90.1 cm³/mol. The lowest BCUT2D eigenvalue weighted by atomic mass is 9.67. The van der Waals surface area contributed by atoms with Gasteiger partial charge < -0.3 is 14.2 Å². The Morgan fingerprint density at radius 1 is 1.18 bits per heavy atom. The number of rotatable bonds is 6. The minimum Gasteiger partial charge on any atom is -0.457 e. The van der Waals surface area contributed by atoms with Crippen LogP contribution in [0.4, 0.5) is 17.6 Å². The minimum atomic E-state index is -3.21. The highest BCUT2D eigenvalue weighted by Gasteiger charge is 2.40. The Morgan fingerprint density at radius 2 is 1.82 bits per heavy atom. The van der Waals surface area contributed by atoms with E-state index in [9.17, 15) is 22.8 Å². The van der Waals surface area contributed by atoms with Gasteiger partial charge >= 0.3 is 13.2 Å². The first-order valence-electron chi connectivity index (χ1n) is 8.71. The van der Waals surface area contributed by atoms with Crippen LogP contribution < -0.4 is 9.47 Å². The van der Waals surface area contributed by atoms with E-state index in [2.05, 4.69) is 20.6 Å². The summed E-state index contributed by atoms with van der Waals surface area (Å²) in [5.41, 5.74) is -0.511. The van der Waals surface area contributed by atoms with Crippen molar-refractivity contribution in [2.24, 2.45) is 11.0 Å². The summed E-state index contributed by atoms with van der Waals surface area (Å²) in [5, 5.41) is 15.8. The Hall–Kier alpha value is -2.70. The molecule has 1 heterocycles. The average molecular weight is 401 g/mol. The van der Waals surface area contributed by atoms with Crippen molar-refractivity contribution < 1.29 is 31.8 Å². The van der Waals surface area contributed by atoms with Crippen LogP contribution in [0.25, 0.3) is 0 Å². The number of benzene rings is 1. The molecular weight excluding hydrogens is 382 g/mol. The zero-order valence-electron chi connectivity index (χ0n) is 15.1. The Bertz CT molecular complexity index is 774. The van der Waals surface area contributed by atoms with Crippen molar-refractivity contribution in [1.82, 2.24) is 5.01 Å². The van der Waals surface area contributed by atoms with Crippen LogP contribution in [-0.2, 0) is 10.2 Å². The molecule has 0 amide bonds. The van der Waals surface area contributed by atoms with E-state index in [4.69, 9.17) is 4.74 Å². The smallest absolute Gasteiger partial charge is 0.387 e. The number of hydrogen-bond acceptors (Lipinski definition) is 6. The van der Waals surface area contributed by atoms with Gasteiger partial charge in [0.25, 0.3) is 0 Å². The molecule has 1 aromatic rings. The molecule has 10 heteroatoms. The highest BCUT2D eigenvalue weighted by atomic mass is 19.3. The molecular formula is C18H19F4N3O3. The van der Waals surface area contributed by atoms with Crippen molar-refractivity contribution in [3.05, 3.63) is 23.8 Å². The van der Waals surface area contributed by atoms with Crippen LogP contribution in [0, 0.1) is 17.2 Å². The number of nitriles is 1. The fourth-order valence-corrected chi connectivity index (χ4v) is 3.59. The van der Waals surface area contributed by atoms with E-state index in [0.29, 0.717) is 43.9 Å². The van der Waals surface area contributed by atoms with Crippen molar-refractivity contribution in [3.63, 3.8) is 0 Å². The summed E-state index contributed by atoms with van der Waals surface area (Å²) in [4.78, 5) is 0. The molecule has 1 saturated carbocycles. The van der Waals surface area contributed by atoms with Crippen LogP contribution >= 0.6 is 0 Å². The lowest BCUT2D eigenvalue weighted by Gasteiger charge is -2.35. The predicted octanol–water partition coefficient (Wildman–Crippen LogP) is 4.07. The Balaban J connectivity index is 1.82. The maximum Gasteiger partial charge on any atom is 0.387 e. The van der Waals surface area contributed by atoms with Gasteiger partial charge in [0.2, 0.25) is 5.90 Å². The average Bonchev–Trinajstić information content (AvgIpc) is 3.09. The SMILES string of the molecule is CN1COC([C@H]2CC[C@](C#N)(c3ccc(OC(F)F)c(OC(F)F)c3)CC2)=N1. The van der Waals surface area contributed by atoms with E-state index in [0.717, 1.165) is 6.07 Å². The Labute approximate surface area is 159 Å². The molecule has 0 bridgehead atoms. The molecule has 6 nitrogen and oxygen atoms in total. The van der Waals surface area contributed by atoms with E-state index in [1.54, 1.807) is 12.1 Å². The van der Waals surface area contributed by atoms with E-state index >= 15 is 0 Å². The second-order valence-corrected chi connectivity index (χ2v) is 6.76. The molecule has 1 aliphatic heterocycles. The first-order valence-corrected chi connectivity index (χ1v) is 8.71. The third-order valence-corrected chi connectivity index (χ3v) is 5.00. The summed E-state index contributed by atoms with van der Waals surface area (Å²) >= 11 is 0. The van der Waals surface area contributed by atoms with Gasteiger partial charge in [0.1, 0.15) is 0 Å². The number of halogens is 4. The summed E-state index contributed by atoms with van der Waals surface area (Å²) in [6, 6.07) is 6.03. The molecule has 1 fully saturated rings. The van der Waals surface area contributed by atoms with Gasteiger partial charge in [-0.05, 0) is 43.4 Å². The summed E-state index contributed by atoms with van der Waals surface area (Å²) in [6.45, 7) is -6.01. The quantitative estimate of drug-likeness (QED) is 0.672. The van der Waals surface area contributed by atoms with Crippen LogP contribution in [-0.4, -0.2) is 37.9 Å². The van der Waals surface area contributed by atoms with Crippen LogP contribution in [0.1, 0.15) is 31.2 Å². The van der Waals surface area contributed by atoms with E-state index in [1.807, 2.05) is 0 Å². The summed E-state index contributed by atoms with van der Waals surface area (Å²) in [5.74, 6) is -0.312. The lowest BCUT2D eigenvalue weighted by molar-refractivity contribution is -0.0693. The molecule has 0 atom stereocenters. The summed E-state index contributed by atoms with van der Waals surface area (Å²) in [6.07, 6.45) is 2.15.